The summed E-state index contributed by atoms with van der Waals surface area (Å²) in [6.45, 7) is 5.80. The summed E-state index contributed by atoms with van der Waals surface area (Å²) in [5, 5.41) is 3.06. The second-order valence-electron chi connectivity index (χ2n) is 8.12. The van der Waals surface area contributed by atoms with Crippen LogP contribution in [-0.4, -0.2) is 29.0 Å². The molecule has 4 rings (SSSR count). The van der Waals surface area contributed by atoms with Crippen molar-refractivity contribution in [3.63, 3.8) is 0 Å². The minimum atomic E-state index is 0.00624. The number of amides is 1. The summed E-state index contributed by atoms with van der Waals surface area (Å²) >= 11 is 0. The highest BCUT2D eigenvalue weighted by molar-refractivity contribution is 5.92. The monoisotopic (exact) mass is 430 g/mol. The van der Waals surface area contributed by atoms with E-state index in [1.54, 1.807) is 0 Å². The summed E-state index contributed by atoms with van der Waals surface area (Å²) in [4.78, 5) is 23.6. The molecular formula is C26H30N4O2. The number of ether oxygens (including phenoxy) is 1. The summed E-state index contributed by atoms with van der Waals surface area (Å²) in [5.74, 6) is 2.21. The number of carbonyl (C=O) groups is 1. The van der Waals surface area contributed by atoms with E-state index in [4.69, 9.17) is 4.74 Å². The van der Waals surface area contributed by atoms with E-state index in [1.807, 2.05) is 30.3 Å². The number of carbonyl (C=O) groups excluding carboxylic acids is 1. The van der Waals surface area contributed by atoms with Crippen molar-refractivity contribution >= 4 is 17.4 Å². The lowest BCUT2D eigenvalue weighted by molar-refractivity contribution is -0.120. The number of rotatable bonds is 7. The average Bonchev–Trinajstić information content (AvgIpc) is 2.85. The van der Waals surface area contributed by atoms with Crippen LogP contribution in [0.5, 0.6) is 11.6 Å². The van der Waals surface area contributed by atoms with E-state index in [-0.39, 0.29) is 11.8 Å². The maximum atomic E-state index is 12.7. The highest BCUT2D eigenvalue weighted by Gasteiger charge is 2.26. The van der Waals surface area contributed by atoms with Gasteiger partial charge in [0.25, 0.3) is 0 Å². The number of hydrogen-bond acceptors (Lipinski definition) is 5. The summed E-state index contributed by atoms with van der Waals surface area (Å²) in [7, 11) is 0. The predicted octanol–water partition coefficient (Wildman–Crippen LogP) is 5.25. The number of nitrogens with zero attached hydrogens (tertiary/aromatic N) is 3. The van der Waals surface area contributed by atoms with Crippen molar-refractivity contribution < 1.29 is 9.53 Å². The molecule has 0 spiro atoms. The Morgan fingerprint density at radius 1 is 0.969 bits per heavy atom. The normalized spacial score (nSPS) is 14.2. The van der Waals surface area contributed by atoms with Gasteiger partial charge in [0.15, 0.2) is 0 Å². The van der Waals surface area contributed by atoms with Crippen LogP contribution in [-0.2, 0) is 17.6 Å². The third-order valence-corrected chi connectivity index (χ3v) is 6.00. The lowest BCUT2D eigenvalue weighted by atomic mass is 9.95. The van der Waals surface area contributed by atoms with Crippen LogP contribution < -0.4 is 15.0 Å². The maximum Gasteiger partial charge on any atom is 0.227 e. The molecule has 0 bridgehead atoms. The molecule has 1 aliphatic rings. The van der Waals surface area contributed by atoms with Gasteiger partial charge in [0.2, 0.25) is 11.8 Å². The molecule has 2 heterocycles. The van der Waals surface area contributed by atoms with Gasteiger partial charge in [-0.25, -0.2) is 9.97 Å². The van der Waals surface area contributed by atoms with Crippen LogP contribution in [0, 0.1) is 5.92 Å². The summed E-state index contributed by atoms with van der Waals surface area (Å²) in [6.07, 6.45) is 5.10. The van der Waals surface area contributed by atoms with Crippen molar-refractivity contribution in [2.75, 3.05) is 23.3 Å². The molecule has 32 heavy (non-hydrogen) atoms. The largest absolute Gasteiger partial charge is 0.439 e. The molecule has 0 atom stereocenters. The Bertz CT molecular complexity index is 1030. The number of anilines is 2. The molecule has 6 nitrogen and oxygen atoms in total. The molecule has 3 aromatic rings. The fraction of sp³-hybridized carbons (Fsp3) is 0.346. The minimum Gasteiger partial charge on any atom is -0.439 e. The topological polar surface area (TPSA) is 67.4 Å². The van der Waals surface area contributed by atoms with Gasteiger partial charge in [0.05, 0.1) is 0 Å². The van der Waals surface area contributed by atoms with Crippen LogP contribution in [0.25, 0.3) is 0 Å². The smallest absolute Gasteiger partial charge is 0.227 e. The second kappa shape index (κ2) is 10.3. The third-order valence-electron chi connectivity index (χ3n) is 6.00. The molecule has 1 fully saturated rings. The van der Waals surface area contributed by atoms with Gasteiger partial charge in [0, 0.05) is 30.8 Å². The Morgan fingerprint density at radius 3 is 2.22 bits per heavy atom. The fourth-order valence-electron chi connectivity index (χ4n) is 3.91. The van der Waals surface area contributed by atoms with Gasteiger partial charge in [-0.3, -0.25) is 4.79 Å². The molecular weight excluding hydrogens is 400 g/mol. The first-order valence-corrected chi connectivity index (χ1v) is 11.4. The molecule has 1 amide bonds. The lowest BCUT2D eigenvalue weighted by Gasteiger charge is -2.32. The van der Waals surface area contributed by atoms with Gasteiger partial charge in [0.1, 0.15) is 17.9 Å². The zero-order chi connectivity index (χ0) is 22.3. The van der Waals surface area contributed by atoms with Gasteiger partial charge in [-0.05, 0) is 61.1 Å². The molecule has 1 aliphatic heterocycles. The standard InChI is InChI=1S/C26H30N4O2/c1-3-19-5-9-22(10-6-19)29-26(31)21-13-15-30(16-14-21)24-17-25(28-18-27-24)32-23-11-7-20(4-2)8-12-23/h5-12,17-18,21H,3-4,13-16H2,1-2H3,(H,29,31). The summed E-state index contributed by atoms with van der Waals surface area (Å²) < 4.78 is 5.91. The fourth-order valence-corrected chi connectivity index (χ4v) is 3.91. The van der Waals surface area contributed by atoms with E-state index < -0.39 is 0 Å². The van der Waals surface area contributed by atoms with Gasteiger partial charge in [-0.15, -0.1) is 0 Å². The first kappa shape index (κ1) is 21.8. The Kier molecular flexibility index (Phi) is 7.00. The van der Waals surface area contributed by atoms with E-state index in [0.717, 1.165) is 56.0 Å². The molecule has 1 saturated heterocycles. The molecule has 0 aliphatic carbocycles. The molecule has 2 aromatic carbocycles. The van der Waals surface area contributed by atoms with Gasteiger partial charge in [-0.2, -0.15) is 0 Å². The van der Waals surface area contributed by atoms with E-state index in [0.29, 0.717) is 5.88 Å². The molecule has 166 valence electrons. The molecule has 0 unspecified atom stereocenters. The third kappa shape index (κ3) is 5.44. The summed E-state index contributed by atoms with van der Waals surface area (Å²) in [6, 6.07) is 18.0. The number of aryl methyl sites for hydroxylation is 2. The molecule has 0 saturated carbocycles. The van der Waals surface area contributed by atoms with Crippen LogP contribution in [0.1, 0.15) is 37.8 Å². The minimum absolute atomic E-state index is 0.00624. The van der Waals surface area contributed by atoms with Gasteiger partial charge < -0.3 is 15.0 Å². The summed E-state index contributed by atoms with van der Waals surface area (Å²) in [5.41, 5.74) is 3.40. The van der Waals surface area contributed by atoms with E-state index in [1.165, 1.54) is 17.5 Å². The van der Waals surface area contributed by atoms with Crippen LogP contribution in [0.3, 0.4) is 0 Å². The first-order chi connectivity index (χ1) is 15.6. The number of aromatic nitrogens is 2. The van der Waals surface area contributed by atoms with Gasteiger partial charge in [-0.1, -0.05) is 38.1 Å². The highest BCUT2D eigenvalue weighted by atomic mass is 16.5. The van der Waals surface area contributed by atoms with E-state index in [2.05, 4.69) is 58.3 Å². The van der Waals surface area contributed by atoms with E-state index in [9.17, 15) is 4.79 Å². The predicted molar refractivity (Wildman–Crippen MR) is 127 cm³/mol. The second-order valence-corrected chi connectivity index (χ2v) is 8.12. The van der Waals surface area contributed by atoms with E-state index >= 15 is 0 Å². The van der Waals surface area contributed by atoms with Crippen molar-refractivity contribution in [2.45, 2.75) is 39.5 Å². The lowest BCUT2D eigenvalue weighted by Crippen LogP contribution is -2.38. The molecule has 6 heteroatoms. The SMILES string of the molecule is CCc1ccc(NC(=O)C2CCN(c3cc(Oc4ccc(CC)cc4)ncn3)CC2)cc1. The van der Waals surface area contributed by atoms with Crippen molar-refractivity contribution in [1.29, 1.82) is 0 Å². The maximum absolute atomic E-state index is 12.7. The molecule has 1 aromatic heterocycles. The number of piperidine rings is 1. The van der Waals surface area contributed by atoms with Crippen LogP contribution in [0.2, 0.25) is 0 Å². The van der Waals surface area contributed by atoms with Crippen molar-refractivity contribution in [3.8, 4) is 11.6 Å². The molecule has 0 radical (unpaired) electrons. The van der Waals surface area contributed by atoms with Gasteiger partial charge >= 0.3 is 0 Å². The van der Waals surface area contributed by atoms with Crippen LogP contribution >= 0.6 is 0 Å². The average molecular weight is 431 g/mol. The van der Waals surface area contributed by atoms with Crippen molar-refractivity contribution in [2.24, 2.45) is 5.92 Å². The highest BCUT2D eigenvalue weighted by Crippen LogP contribution is 2.27. The number of hydrogen-bond donors (Lipinski definition) is 1. The Balaban J connectivity index is 1.32. The zero-order valence-corrected chi connectivity index (χ0v) is 18.8. The Labute approximate surface area is 189 Å². The zero-order valence-electron chi connectivity index (χ0n) is 18.8. The molecule has 1 N–H and O–H groups in total. The quantitative estimate of drug-likeness (QED) is 0.555. The first-order valence-electron chi connectivity index (χ1n) is 11.4. The van der Waals surface area contributed by atoms with Crippen molar-refractivity contribution in [3.05, 3.63) is 72.1 Å². The van der Waals surface area contributed by atoms with Crippen LogP contribution in [0.4, 0.5) is 11.5 Å². The Morgan fingerprint density at radius 2 is 1.59 bits per heavy atom. The van der Waals surface area contributed by atoms with Crippen LogP contribution in [0.15, 0.2) is 60.9 Å². The number of nitrogens with one attached hydrogen (secondary N) is 1. The number of benzene rings is 2. The Hall–Kier alpha value is -3.41. The van der Waals surface area contributed by atoms with Crippen molar-refractivity contribution in [1.82, 2.24) is 9.97 Å².